The van der Waals surface area contributed by atoms with E-state index in [9.17, 15) is 4.79 Å². The Morgan fingerprint density at radius 3 is 2.67 bits per heavy atom. The van der Waals surface area contributed by atoms with Gasteiger partial charge in [-0.1, -0.05) is 0 Å². The maximum atomic E-state index is 12.2. The molecule has 3 heterocycles. The molecular weight excluding hydrogens is 384 g/mol. The summed E-state index contributed by atoms with van der Waals surface area (Å²) in [5, 5.41) is 8.91. The zero-order valence-electron chi connectivity index (χ0n) is 17.2. The molecule has 9 heteroatoms. The Kier molecular flexibility index (Phi) is 6.36. The molecule has 0 atom stereocenters. The molecule has 1 fully saturated rings. The minimum Gasteiger partial charge on any atom is -0.486 e. The number of nitrogens with one attached hydrogen (secondary N) is 3. The number of rotatable bonds is 6. The number of piperidine rings is 1. The number of fused-ring (bicyclic) bond motifs is 1. The summed E-state index contributed by atoms with van der Waals surface area (Å²) in [7, 11) is 0. The molecule has 9 nitrogen and oxygen atoms in total. The van der Waals surface area contributed by atoms with Crippen LogP contribution in [0.5, 0.6) is 11.5 Å². The van der Waals surface area contributed by atoms with Crippen LogP contribution in [-0.2, 0) is 0 Å². The fourth-order valence-electron chi connectivity index (χ4n) is 3.59. The summed E-state index contributed by atoms with van der Waals surface area (Å²) in [5.74, 6) is 3.82. The molecule has 3 N–H and O–H groups in total. The van der Waals surface area contributed by atoms with E-state index in [1.54, 1.807) is 18.2 Å². The van der Waals surface area contributed by atoms with Gasteiger partial charge in [0.05, 0.1) is 0 Å². The Labute approximate surface area is 176 Å². The van der Waals surface area contributed by atoms with Crippen LogP contribution in [0.25, 0.3) is 0 Å². The molecule has 0 saturated carbocycles. The van der Waals surface area contributed by atoms with Crippen LogP contribution in [0, 0.1) is 6.92 Å². The molecule has 2 aromatic rings. The molecule has 30 heavy (non-hydrogen) atoms. The van der Waals surface area contributed by atoms with Gasteiger partial charge in [-0.15, -0.1) is 0 Å². The average molecular weight is 412 g/mol. The van der Waals surface area contributed by atoms with Gasteiger partial charge in [0, 0.05) is 44.0 Å². The van der Waals surface area contributed by atoms with Crippen molar-refractivity contribution in [1.82, 2.24) is 15.3 Å². The Morgan fingerprint density at radius 2 is 1.83 bits per heavy atom. The molecular formula is C21H28N6O3. The fraction of sp³-hybridized carbons (Fsp3) is 0.476. The van der Waals surface area contributed by atoms with Gasteiger partial charge in [0.25, 0.3) is 0 Å². The van der Waals surface area contributed by atoms with E-state index in [-0.39, 0.29) is 6.03 Å². The van der Waals surface area contributed by atoms with Crippen molar-refractivity contribution in [2.45, 2.75) is 26.2 Å². The molecule has 1 aromatic heterocycles. The first-order valence-electron chi connectivity index (χ1n) is 10.5. The summed E-state index contributed by atoms with van der Waals surface area (Å²) >= 11 is 0. The number of amides is 2. The predicted molar refractivity (Wildman–Crippen MR) is 116 cm³/mol. The van der Waals surface area contributed by atoms with Crippen LogP contribution >= 0.6 is 0 Å². The zero-order valence-corrected chi connectivity index (χ0v) is 17.2. The van der Waals surface area contributed by atoms with E-state index in [1.165, 1.54) is 19.3 Å². The van der Waals surface area contributed by atoms with Crippen molar-refractivity contribution in [1.29, 1.82) is 0 Å². The first kappa shape index (κ1) is 20.1. The monoisotopic (exact) mass is 412 g/mol. The minimum absolute atomic E-state index is 0.277. The molecule has 0 spiro atoms. The summed E-state index contributed by atoms with van der Waals surface area (Å²) in [4.78, 5) is 23.5. The van der Waals surface area contributed by atoms with Crippen molar-refractivity contribution in [2.24, 2.45) is 0 Å². The van der Waals surface area contributed by atoms with Gasteiger partial charge in [0.2, 0.25) is 0 Å². The third-order valence-electron chi connectivity index (χ3n) is 5.02. The number of carbonyl (C=O) groups is 1. The highest BCUT2D eigenvalue weighted by Crippen LogP contribution is 2.32. The smallest absolute Gasteiger partial charge is 0.319 e. The molecule has 0 unspecified atom stereocenters. The number of benzene rings is 1. The zero-order chi connectivity index (χ0) is 20.8. The van der Waals surface area contributed by atoms with E-state index in [2.05, 4.69) is 30.8 Å². The van der Waals surface area contributed by atoms with Crippen LogP contribution in [0.3, 0.4) is 0 Å². The molecule has 1 aromatic carbocycles. The fourth-order valence-corrected chi connectivity index (χ4v) is 3.59. The van der Waals surface area contributed by atoms with Gasteiger partial charge < -0.3 is 30.3 Å². The van der Waals surface area contributed by atoms with Gasteiger partial charge in [0.1, 0.15) is 30.7 Å². The second kappa shape index (κ2) is 9.51. The van der Waals surface area contributed by atoms with Gasteiger partial charge in [0.15, 0.2) is 11.5 Å². The summed E-state index contributed by atoms with van der Waals surface area (Å²) in [6, 6.07) is 7.05. The van der Waals surface area contributed by atoms with Crippen LogP contribution in [0.15, 0.2) is 24.3 Å². The van der Waals surface area contributed by atoms with E-state index in [4.69, 9.17) is 9.47 Å². The third-order valence-corrected chi connectivity index (χ3v) is 5.02. The number of nitrogens with zero attached hydrogens (tertiary/aromatic N) is 3. The van der Waals surface area contributed by atoms with Crippen LogP contribution < -0.4 is 30.3 Å². The van der Waals surface area contributed by atoms with Crippen LogP contribution in [-0.4, -0.2) is 55.4 Å². The lowest BCUT2D eigenvalue weighted by atomic mass is 10.1. The number of ether oxygens (including phenoxy) is 2. The van der Waals surface area contributed by atoms with E-state index in [0.29, 0.717) is 43.5 Å². The molecule has 2 aliphatic heterocycles. The lowest BCUT2D eigenvalue weighted by Gasteiger charge is -2.28. The summed E-state index contributed by atoms with van der Waals surface area (Å²) < 4.78 is 11.0. The number of anilines is 3. The van der Waals surface area contributed by atoms with E-state index in [1.807, 2.05) is 13.0 Å². The number of aromatic nitrogens is 2. The van der Waals surface area contributed by atoms with Crippen molar-refractivity contribution in [3.63, 3.8) is 0 Å². The van der Waals surface area contributed by atoms with Crippen LogP contribution in [0.2, 0.25) is 0 Å². The lowest BCUT2D eigenvalue weighted by Crippen LogP contribution is -2.33. The number of aryl methyl sites for hydroxylation is 1. The van der Waals surface area contributed by atoms with E-state index >= 15 is 0 Å². The molecule has 1 saturated heterocycles. The first-order chi connectivity index (χ1) is 14.7. The van der Waals surface area contributed by atoms with E-state index < -0.39 is 0 Å². The number of urea groups is 1. The quantitative estimate of drug-likeness (QED) is 0.627. The molecule has 160 valence electrons. The van der Waals surface area contributed by atoms with Gasteiger partial charge in [-0.3, -0.25) is 0 Å². The van der Waals surface area contributed by atoms with Crippen molar-refractivity contribution >= 4 is 23.4 Å². The number of hydrogen-bond acceptors (Lipinski definition) is 7. The highest BCUT2D eigenvalue weighted by Gasteiger charge is 2.14. The Balaban J connectivity index is 1.24. The second-order valence-electron chi connectivity index (χ2n) is 7.37. The predicted octanol–water partition coefficient (Wildman–Crippen LogP) is 2.78. The number of carbonyl (C=O) groups excluding carboxylic acids is 1. The van der Waals surface area contributed by atoms with Crippen LogP contribution in [0.1, 0.15) is 25.1 Å². The van der Waals surface area contributed by atoms with Gasteiger partial charge in [-0.05, 0) is 38.3 Å². The molecule has 0 radical (unpaired) electrons. The SMILES string of the molecule is Cc1nc(NCCNC(=O)Nc2ccc3c(c2)OCCO3)cc(N2CCCCC2)n1. The Hall–Kier alpha value is -3.23. The lowest BCUT2D eigenvalue weighted by molar-refractivity contribution is 0.171. The Bertz CT molecular complexity index is 885. The molecule has 0 bridgehead atoms. The van der Waals surface area contributed by atoms with Crippen molar-refractivity contribution in [3.05, 3.63) is 30.1 Å². The van der Waals surface area contributed by atoms with Crippen molar-refractivity contribution in [2.75, 3.05) is 54.9 Å². The third kappa shape index (κ3) is 5.22. The second-order valence-corrected chi connectivity index (χ2v) is 7.37. The molecule has 2 amide bonds. The average Bonchev–Trinajstić information content (AvgIpc) is 2.77. The summed E-state index contributed by atoms with van der Waals surface area (Å²) in [6.45, 7) is 6.05. The van der Waals surface area contributed by atoms with Gasteiger partial charge in [-0.25, -0.2) is 14.8 Å². The largest absolute Gasteiger partial charge is 0.486 e. The molecule has 4 rings (SSSR count). The normalized spacial score (nSPS) is 15.4. The summed E-state index contributed by atoms with van der Waals surface area (Å²) in [5.41, 5.74) is 0.655. The van der Waals surface area contributed by atoms with Gasteiger partial charge in [-0.2, -0.15) is 0 Å². The van der Waals surface area contributed by atoms with Crippen LogP contribution in [0.4, 0.5) is 22.1 Å². The number of hydrogen-bond donors (Lipinski definition) is 3. The maximum Gasteiger partial charge on any atom is 0.319 e. The van der Waals surface area contributed by atoms with E-state index in [0.717, 1.165) is 30.5 Å². The van der Waals surface area contributed by atoms with Crippen molar-refractivity contribution < 1.29 is 14.3 Å². The highest BCUT2D eigenvalue weighted by atomic mass is 16.6. The first-order valence-corrected chi connectivity index (χ1v) is 10.5. The van der Waals surface area contributed by atoms with Crippen molar-refractivity contribution in [3.8, 4) is 11.5 Å². The maximum absolute atomic E-state index is 12.2. The topological polar surface area (TPSA) is 101 Å². The van der Waals surface area contributed by atoms with Gasteiger partial charge >= 0.3 is 6.03 Å². The molecule has 0 aliphatic carbocycles. The minimum atomic E-state index is -0.277. The molecule has 2 aliphatic rings. The Morgan fingerprint density at radius 1 is 1.03 bits per heavy atom. The highest BCUT2D eigenvalue weighted by molar-refractivity contribution is 5.89. The standard InChI is InChI=1S/C21H28N6O3/c1-15-24-19(14-20(25-15)27-9-3-2-4-10-27)22-7-8-23-21(28)26-16-5-6-17-18(13-16)30-12-11-29-17/h5-6,13-14H,2-4,7-12H2,1H3,(H,22,24,25)(H2,23,26,28). The summed E-state index contributed by atoms with van der Waals surface area (Å²) in [6.07, 6.45) is 3.69.